The lowest BCUT2D eigenvalue weighted by Gasteiger charge is -2.33. The molecule has 1 amide bonds. The van der Waals surface area contributed by atoms with Crippen LogP contribution in [0.3, 0.4) is 0 Å². The summed E-state index contributed by atoms with van der Waals surface area (Å²) < 4.78 is 32.8. The summed E-state index contributed by atoms with van der Waals surface area (Å²) in [5, 5.41) is 0. The minimum absolute atomic E-state index is 0.0584. The van der Waals surface area contributed by atoms with E-state index < -0.39 is 10.0 Å². The Bertz CT molecular complexity index is 913. The Hall–Kier alpha value is -2.48. The number of morpholine rings is 1. The highest BCUT2D eigenvalue weighted by molar-refractivity contribution is 7.89. The predicted molar refractivity (Wildman–Crippen MR) is 103 cm³/mol. The average Bonchev–Trinajstić information content (AvgIpc) is 2.72. The molecule has 1 aliphatic rings. The quantitative estimate of drug-likeness (QED) is 0.774. The van der Waals surface area contributed by atoms with Gasteiger partial charge in [0.15, 0.2) is 0 Å². The molecule has 1 N–H and O–H groups in total. The molecule has 3 rings (SSSR count). The molecular weight excluding hydrogens is 364 g/mol. The Labute approximate surface area is 159 Å². The third kappa shape index (κ3) is 4.63. The van der Waals surface area contributed by atoms with Crippen molar-refractivity contribution in [3.05, 3.63) is 78.4 Å². The van der Waals surface area contributed by atoms with Crippen LogP contribution >= 0.6 is 0 Å². The Morgan fingerprint density at radius 2 is 2.00 bits per heavy atom. The smallest absolute Gasteiger partial charge is 0.254 e. The first-order valence-corrected chi connectivity index (χ1v) is 10.2. The van der Waals surface area contributed by atoms with E-state index in [4.69, 9.17) is 4.74 Å². The molecule has 0 bridgehead atoms. The van der Waals surface area contributed by atoms with Crippen LogP contribution in [0.4, 0.5) is 0 Å². The Morgan fingerprint density at radius 3 is 2.74 bits per heavy atom. The lowest BCUT2D eigenvalue weighted by molar-refractivity contribution is -0.0228. The normalized spacial score (nSPS) is 17.5. The van der Waals surface area contributed by atoms with Gasteiger partial charge in [0.05, 0.1) is 18.0 Å². The van der Waals surface area contributed by atoms with Crippen LogP contribution in [0, 0.1) is 0 Å². The molecule has 0 aromatic heterocycles. The molecule has 1 atom stereocenters. The molecule has 1 saturated heterocycles. The van der Waals surface area contributed by atoms with Crippen molar-refractivity contribution in [2.45, 2.75) is 11.0 Å². The van der Waals surface area contributed by atoms with E-state index in [-0.39, 0.29) is 23.5 Å². The van der Waals surface area contributed by atoms with Gasteiger partial charge in [-0.2, -0.15) is 0 Å². The number of ether oxygens (including phenoxy) is 1. The fraction of sp³-hybridized carbons (Fsp3) is 0.250. The first kappa shape index (κ1) is 19.3. The molecule has 1 heterocycles. The molecule has 1 unspecified atom stereocenters. The van der Waals surface area contributed by atoms with Gasteiger partial charge in [-0.3, -0.25) is 4.79 Å². The van der Waals surface area contributed by atoms with Crippen molar-refractivity contribution in [1.29, 1.82) is 0 Å². The zero-order chi connectivity index (χ0) is 19.3. The fourth-order valence-corrected chi connectivity index (χ4v) is 3.98. The number of hydrogen-bond donors (Lipinski definition) is 1. The van der Waals surface area contributed by atoms with Crippen molar-refractivity contribution in [1.82, 2.24) is 9.62 Å². The molecule has 6 nitrogen and oxygen atoms in total. The number of carbonyl (C=O) groups is 1. The molecule has 1 aliphatic heterocycles. The maximum absolute atomic E-state index is 12.9. The van der Waals surface area contributed by atoms with Crippen molar-refractivity contribution in [3.63, 3.8) is 0 Å². The van der Waals surface area contributed by atoms with Crippen LogP contribution < -0.4 is 4.72 Å². The number of nitrogens with one attached hydrogen (secondary N) is 1. The van der Waals surface area contributed by atoms with Crippen molar-refractivity contribution in [2.24, 2.45) is 0 Å². The summed E-state index contributed by atoms with van der Waals surface area (Å²) >= 11 is 0. The van der Waals surface area contributed by atoms with E-state index in [1.165, 1.54) is 18.2 Å². The molecule has 0 radical (unpaired) electrons. The van der Waals surface area contributed by atoms with Gasteiger partial charge in [-0.1, -0.05) is 42.5 Å². The van der Waals surface area contributed by atoms with Crippen molar-refractivity contribution in [3.8, 4) is 0 Å². The van der Waals surface area contributed by atoms with Gasteiger partial charge in [0, 0.05) is 18.7 Å². The molecule has 142 valence electrons. The maximum Gasteiger partial charge on any atom is 0.254 e. The summed E-state index contributed by atoms with van der Waals surface area (Å²) in [7, 11) is -3.68. The summed E-state index contributed by atoms with van der Waals surface area (Å²) in [5.41, 5.74) is 1.35. The van der Waals surface area contributed by atoms with Gasteiger partial charge in [-0.05, 0) is 23.8 Å². The minimum atomic E-state index is -3.68. The van der Waals surface area contributed by atoms with E-state index >= 15 is 0 Å². The Kier molecular flexibility index (Phi) is 6.05. The molecule has 0 aliphatic carbocycles. The fourth-order valence-electron chi connectivity index (χ4n) is 2.93. The summed E-state index contributed by atoms with van der Waals surface area (Å²) in [6, 6.07) is 15.8. The first-order valence-electron chi connectivity index (χ1n) is 8.68. The molecule has 2 aromatic carbocycles. The van der Waals surface area contributed by atoms with Crippen LogP contribution in [0.25, 0.3) is 0 Å². The Morgan fingerprint density at radius 1 is 1.22 bits per heavy atom. The van der Waals surface area contributed by atoms with Crippen LogP contribution in [0.15, 0.2) is 72.1 Å². The van der Waals surface area contributed by atoms with E-state index in [0.29, 0.717) is 25.3 Å². The highest BCUT2D eigenvalue weighted by atomic mass is 32.2. The third-order valence-corrected chi connectivity index (χ3v) is 5.76. The van der Waals surface area contributed by atoms with Crippen molar-refractivity contribution < 1.29 is 17.9 Å². The van der Waals surface area contributed by atoms with Gasteiger partial charge >= 0.3 is 0 Å². The van der Waals surface area contributed by atoms with Gasteiger partial charge in [-0.15, -0.1) is 6.58 Å². The largest absolute Gasteiger partial charge is 0.370 e. The second-order valence-corrected chi connectivity index (χ2v) is 7.96. The summed E-state index contributed by atoms with van der Waals surface area (Å²) in [4.78, 5) is 14.7. The molecular formula is C20H22N2O4S. The highest BCUT2D eigenvalue weighted by Gasteiger charge is 2.26. The highest BCUT2D eigenvalue weighted by Crippen LogP contribution is 2.23. The van der Waals surface area contributed by atoms with E-state index in [1.54, 1.807) is 17.0 Å². The monoisotopic (exact) mass is 386 g/mol. The number of hydrogen-bond acceptors (Lipinski definition) is 4. The van der Waals surface area contributed by atoms with E-state index in [1.807, 2.05) is 30.3 Å². The van der Waals surface area contributed by atoms with Crippen LogP contribution in [-0.4, -0.2) is 45.5 Å². The molecule has 7 heteroatoms. The summed E-state index contributed by atoms with van der Waals surface area (Å²) in [6.45, 7) is 4.95. The van der Waals surface area contributed by atoms with Crippen LogP contribution in [-0.2, 0) is 14.8 Å². The van der Waals surface area contributed by atoms with Crippen LogP contribution in [0.5, 0.6) is 0 Å². The second kappa shape index (κ2) is 8.47. The summed E-state index contributed by atoms with van der Waals surface area (Å²) in [5.74, 6) is -0.208. The standard InChI is InChI=1S/C20H22N2O4S/c1-2-11-21-27(24,25)18-10-6-9-17(14-18)20(23)22-12-13-26-19(15-22)16-7-4-3-5-8-16/h2-10,14,19,21H,1,11-13,15H2. The number of sulfonamides is 1. The zero-order valence-corrected chi connectivity index (χ0v) is 15.7. The molecule has 0 saturated carbocycles. The topological polar surface area (TPSA) is 75.7 Å². The first-order chi connectivity index (χ1) is 13.0. The maximum atomic E-state index is 12.9. The van der Waals surface area contributed by atoms with Gasteiger partial charge in [0.2, 0.25) is 10.0 Å². The van der Waals surface area contributed by atoms with Crippen LogP contribution in [0.2, 0.25) is 0 Å². The molecule has 1 fully saturated rings. The molecule has 2 aromatic rings. The van der Waals surface area contributed by atoms with Crippen molar-refractivity contribution in [2.75, 3.05) is 26.2 Å². The lowest BCUT2D eigenvalue weighted by Crippen LogP contribution is -2.42. The van der Waals surface area contributed by atoms with Crippen molar-refractivity contribution >= 4 is 15.9 Å². The Balaban J connectivity index is 1.77. The zero-order valence-electron chi connectivity index (χ0n) is 14.9. The van der Waals surface area contributed by atoms with E-state index in [0.717, 1.165) is 5.56 Å². The summed E-state index contributed by atoms with van der Waals surface area (Å²) in [6.07, 6.45) is 1.27. The van der Waals surface area contributed by atoms with E-state index in [2.05, 4.69) is 11.3 Å². The van der Waals surface area contributed by atoms with Gasteiger partial charge in [0.1, 0.15) is 6.10 Å². The lowest BCUT2D eigenvalue weighted by atomic mass is 10.1. The number of carbonyl (C=O) groups excluding carboxylic acids is 1. The molecule has 0 spiro atoms. The number of benzene rings is 2. The van der Waals surface area contributed by atoms with Crippen LogP contribution in [0.1, 0.15) is 22.0 Å². The third-order valence-electron chi connectivity index (χ3n) is 4.33. The average molecular weight is 386 g/mol. The number of amides is 1. The predicted octanol–water partition coefficient (Wildman–Crippen LogP) is 2.36. The van der Waals surface area contributed by atoms with Gasteiger partial charge in [0.25, 0.3) is 5.91 Å². The minimum Gasteiger partial charge on any atom is -0.370 e. The number of nitrogens with zero attached hydrogens (tertiary/aromatic N) is 1. The van der Waals surface area contributed by atoms with Gasteiger partial charge in [-0.25, -0.2) is 13.1 Å². The SMILES string of the molecule is C=CCNS(=O)(=O)c1cccc(C(=O)N2CCOC(c3ccccc3)C2)c1. The second-order valence-electron chi connectivity index (χ2n) is 6.19. The van der Waals surface area contributed by atoms with E-state index in [9.17, 15) is 13.2 Å². The van der Waals surface area contributed by atoms with Gasteiger partial charge < -0.3 is 9.64 Å². The number of rotatable bonds is 6. The molecule has 27 heavy (non-hydrogen) atoms.